The number of nitrogens with one attached hydrogen (secondary N) is 2. The summed E-state index contributed by atoms with van der Waals surface area (Å²) in [5.41, 5.74) is 5.12. The predicted octanol–water partition coefficient (Wildman–Crippen LogP) is 5.70. The first-order chi connectivity index (χ1) is 15.8. The SMILES string of the molecule is O=C(NC1CCCc2ccccc21)c1cccc(-c2cnc(NC3CCCCC3)nc2)c1. The summed E-state index contributed by atoms with van der Waals surface area (Å²) in [5, 5.41) is 6.70. The van der Waals surface area contributed by atoms with Crippen LogP contribution in [0, 0.1) is 0 Å². The van der Waals surface area contributed by atoms with E-state index in [4.69, 9.17) is 0 Å². The molecule has 0 bridgehead atoms. The third-order valence-electron chi connectivity index (χ3n) is 6.72. The maximum Gasteiger partial charge on any atom is 0.251 e. The second-order valence-corrected chi connectivity index (χ2v) is 8.97. The van der Waals surface area contributed by atoms with Gasteiger partial charge in [0.2, 0.25) is 5.95 Å². The second-order valence-electron chi connectivity index (χ2n) is 8.97. The molecule has 5 nitrogen and oxygen atoms in total. The van der Waals surface area contributed by atoms with E-state index in [-0.39, 0.29) is 11.9 Å². The molecule has 1 saturated carbocycles. The van der Waals surface area contributed by atoms with Gasteiger partial charge < -0.3 is 10.6 Å². The Hall–Kier alpha value is -3.21. The van der Waals surface area contributed by atoms with Gasteiger partial charge in [-0.1, -0.05) is 55.7 Å². The molecule has 1 atom stereocenters. The van der Waals surface area contributed by atoms with E-state index in [0.29, 0.717) is 17.6 Å². The monoisotopic (exact) mass is 426 g/mol. The van der Waals surface area contributed by atoms with Crippen LogP contribution in [-0.2, 0) is 6.42 Å². The van der Waals surface area contributed by atoms with E-state index < -0.39 is 0 Å². The number of anilines is 1. The third kappa shape index (κ3) is 4.67. The fourth-order valence-electron chi connectivity index (χ4n) is 4.97. The first-order valence-corrected chi connectivity index (χ1v) is 11.8. The lowest BCUT2D eigenvalue weighted by Gasteiger charge is -2.26. The van der Waals surface area contributed by atoms with E-state index >= 15 is 0 Å². The molecular weight excluding hydrogens is 396 g/mol. The minimum Gasteiger partial charge on any atom is -0.351 e. The summed E-state index contributed by atoms with van der Waals surface area (Å²) in [6.07, 6.45) is 13.1. The smallest absolute Gasteiger partial charge is 0.251 e. The second kappa shape index (κ2) is 9.51. The number of benzene rings is 2. The molecule has 1 unspecified atom stereocenters. The number of hydrogen-bond donors (Lipinski definition) is 2. The van der Waals surface area contributed by atoms with Crippen LogP contribution in [0.1, 0.15) is 72.5 Å². The molecule has 1 amide bonds. The van der Waals surface area contributed by atoms with Crippen molar-refractivity contribution < 1.29 is 4.79 Å². The van der Waals surface area contributed by atoms with E-state index in [1.807, 2.05) is 36.7 Å². The molecule has 2 aliphatic carbocycles. The van der Waals surface area contributed by atoms with Crippen molar-refractivity contribution in [1.82, 2.24) is 15.3 Å². The van der Waals surface area contributed by atoms with Gasteiger partial charge in [-0.25, -0.2) is 9.97 Å². The van der Waals surface area contributed by atoms with Crippen LogP contribution in [-0.4, -0.2) is 21.9 Å². The molecule has 0 spiro atoms. The lowest BCUT2D eigenvalue weighted by molar-refractivity contribution is 0.0933. The summed E-state index contributed by atoms with van der Waals surface area (Å²) >= 11 is 0. The summed E-state index contributed by atoms with van der Waals surface area (Å²) in [6.45, 7) is 0. The molecule has 2 aliphatic rings. The van der Waals surface area contributed by atoms with Gasteiger partial charge in [-0.2, -0.15) is 0 Å². The van der Waals surface area contributed by atoms with Gasteiger partial charge >= 0.3 is 0 Å². The minimum atomic E-state index is -0.0370. The number of nitrogens with zero attached hydrogens (tertiary/aromatic N) is 2. The predicted molar refractivity (Wildman–Crippen MR) is 128 cm³/mol. The number of fused-ring (bicyclic) bond motifs is 1. The van der Waals surface area contributed by atoms with Crippen molar-refractivity contribution in [2.75, 3.05) is 5.32 Å². The topological polar surface area (TPSA) is 66.9 Å². The Morgan fingerprint density at radius 3 is 2.50 bits per heavy atom. The van der Waals surface area contributed by atoms with Gasteiger partial charge in [0.25, 0.3) is 5.91 Å². The summed E-state index contributed by atoms with van der Waals surface area (Å²) in [6, 6.07) is 16.7. The highest BCUT2D eigenvalue weighted by Crippen LogP contribution is 2.30. The van der Waals surface area contributed by atoms with Crippen molar-refractivity contribution in [3.63, 3.8) is 0 Å². The molecule has 2 aromatic carbocycles. The van der Waals surface area contributed by atoms with Gasteiger partial charge in [-0.3, -0.25) is 4.79 Å². The fraction of sp³-hybridized carbons (Fsp3) is 0.370. The first-order valence-electron chi connectivity index (χ1n) is 11.8. The van der Waals surface area contributed by atoms with Crippen molar-refractivity contribution >= 4 is 11.9 Å². The summed E-state index contributed by atoms with van der Waals surface area (Å²) in [7, 11) is 0. The third-order valence-corrected chi connectivity index (χ3v) is 6.72. The maximum atomic E-state index is 13.0. The molecule has 0 saturated heterocycles. The lowest BCUT2D eigenvalue weighted by atomic mass is 9.87. The highest BCUT2D eigenvalue weighted by Gasteiger charge is 2.22. The van der Waals surface area contributed by atoms with Crippen molar-refractivity contribution in [2.24, 2.45) is 0 Å². The molecule has 2 N–H and O–H groups in total. The van der Waals surface area contributed by atoms with Crippen molar-refractivity contribution in [3.8, 4) is 11.1 Å². The average Bonchev–Trinajstić information content (AvgIpc) is 2.85. The Morgan fingerprint density at radius 2 is 1.66 bits per heavy atom. The van der Waals surface area contributed by atoms with Crippen LogP contribution < -0.4 is 10.6 Å². The minimum absolute atomic E-state index is 0.0370. The quantitative estimate of drug-likeness (QED) is 0.549. The van der Waals surface area contributed by atoms with Gasteiger partial charge in [-0.05, 0) is 60.9 Å². The number of carbonyl (C=O) groups is 1. The van der Waals surface area contributed by atoms with Gasteiger partial charge in [0.05, 0.1) is 6.04 Å². The fourth-order valence-corrected chi connectivity index (χ4v) is 4.97. The largest absolute Gasteiger partial charge is 0.351 e. The van der Waals surface area contributed by atoms with Crippen LogP contribution in [0.15, 0.2) is 60.9 Å². The van der Waals surface area contributed by atoms with Crippen LogP contribution in [0.25, 0.3) is 11.1 Å². The molecular formula is C27H30N4O. The Kier molecular flexibility index (Phi) is 6.15. The van der Waals surface area contributed by atoms with Crippen LogP contribution in [0.5, 0.6) is 0 Å². The van der Waals surface area contributed by atoms with Crippen molar-refractivity contribution in [2.45, 2.75) is 63.5 Å². The van der Waals surface area contributed by atoms with Gasteiger partial charge in [-0.15, -0.1) is 0 Å². The number of aryl methyl sites for hydroxylation is 1. The summed E-state index contributed by atoms with van der Waals surface area (Å²) in [5.74, 6) is 0.649. The van der Waals surface area contributed by atoms with E-state index in [0.717, 1.165) is 30.4 Å². The lowest BCUT2D eigenvalue weighted by Crippen LogP contribution is -2.30. The molecule has 3 aromatic rings. The zero-order valence-electron chi connectivity index (χ0n) is 18.4. The zero-order valence-corrected chi connectivity index (χ0v) is 18.4. The van der Waals surface area contributed by atoms with Crippen LogP contribution in [0.4, 0.5) is 5.95 Å². The molecule has 0 aliphatic heterocycles. The Bertz CT molecular complexity index is 1070. The van der Waals surface area contributed by atoms with Gasteiger partial charge in [0.1, 0.15) is 0 Å². The standard InChI is InChI=1S/C27H30N4O/c32-26(31-25-15-7-9-19-8-4-5-14-24(19)25)21-11-6-10-20(16-21)22-17-28-27(29-18-22)30-23-12-2-1-3-13-23/h4-6,8,10-11,14,16-18,23,25H,1-3,7,9,12-13,15H2,(H,31,32)(H,28,29,30). The van der Waals surface area contributed by atoms with Crippen LogP contribution in [0.3, 0.4) is 0 Å². The number of rotatable bonds is 5. The molecule has 0 radical (unpaired) electrons. The van der Waals surface area contributed by atoms with E-state index in [2.05, 4.69) is 44.9 Å². The van der Waals surface area contributed by atoms with E-state index in [1.54, 1.807) is 0 Å². The van der Waals surface area contributed by atoms with Gasteiger partial charge in [0.15, 0.2) is 0 Å². The Balaban J connectivity index is 1.28. The van der Waals surface area contributed by atoms with Gasteiger partial charge in [0, 0.05) is 29.6 Å². The number of hydrogen-bond acceptors (Lipinski definition) is 4. The Labute approximate surface area is 189 Å². The molecule has 5 rings (SSSR count). The zero-order chi connectivity index (χ0) is 21.8. The molecule has 1 heterocycles. The summed E-state index contributed by atoms with van der Waals surface area (Å²) < 4.78 is 0. The van der Waals surface area contributed by atoms with Crippen molar-refractivity contribution in [3.05, 3.63) is 77.6 Å². The number of carbonyl (C=O) groups excluding carboxylic acids is 1. The molecule has 164 valence electrons. The van der Waals surface area contributed by atoms with E-state index in [1.165, 1.54) is 43.2 Å². The first kappa shape index (κ1) is 20.7. The highest BCUT2D eigenvalue weighted by atomic mass is 16.1. The molecule has 1 fully saturated rings. The molecule has 5 heteroatoms. The Morgan fingerprint density at radius 1 is 0.844 bits per heavy atom. The average molecular weight is 427 g/mol. The maximum absolute atomic E-state index is 13.0. The molecule has 32 heavy (non-hydrogen) atoms. The van der Waals surface area contributed by atoms with E-state index in [9.17, 15) is 4.79 Å². The van der Waals surface area contributed by atoms with Crippen molar-refractivity contribution in [1.29, 1.82) is 0 Å². The normalized spacial score (nSPS) is 18.6. The van der Waals surface area contributed by atoms with Crippen LogP contribution >= 0.6 is 0 Å². The summed E-state index contributed by atoms with van der Waals surface area (Å²) in [4.78, 5) is 22.1. The number of aromatic nitrogens is 2. The van der Waals surface area contributed by atoms with Crippen LogP contribution in [0.2, 0.25) is 0 Å². The molecule has 1 aromatic heterocycles. The number of amides is 1. The highest BCUT2D eigenvalue weighted by molar-refractivity contribution is 5.95.